The predicted octanol–water partition coefficient (Wildman–Crippen LogP) is 1.85. The van der Waals surface area contributed by atoms with Crippen LogP contribution >= 0.6 is 15.9 Å². The SMILES string of the molecule is CCc1cc(OC)c(O)c(C(CN)C(=O)O)c1Br. The first kappa shape index (κ1) is 14.8. The number of phenols is 1. The number of methoxy groups -OCH3 is 1. The number of hydrogen-bond donors (Lipinski definition) is 3. The summed E-state index contributed by atoms with van der Waals surface area (Å²) in [7, 11) is 1.42. The molecule has 18 heavy (non-hydrogen) atoms. The lowest BCUT2D eigenvalue weighted by Crippen LogP contribution is -2.22. The van der Waals surface area contributed by atoms with E-state index >= 15 is 0 Å². The Morgan fingerprint density at radius 3 is 2.61 bits per heavy atom. The van der Waals surface area contributed by atoms with Crippen LogP contribution < -0.4 is 10.5 Å². The second-order valence-electron chi connectivity index (χ2n) is 3.79. The van der Waals surface area contributed by atoms with Crippen molar-refractivity contribution >= 4 is 21.9 Å². The van der Waals surface area contributed by atoms with Gasteiger partial charge in [0.05, 0.1) is 13.0 Å². The van der Waals surface area contributed by atoms with E-state index in [1.165, 1.54) is 7.11 Å². The summed E-state index contributed by atoms with van der Waals surface area (Å²) < 4.78 is 5.62. The monoisotopic (exact) mass is 317 g/mol. The Bertz CT molecular complexity index is 434. The molecule has 0 heterocycles. The van der Waals surface area contributed by atoms with Gasteiger partial charge in [0.2, 0.25) is 0 Å². The second-order valence-corrected chi connectivity index (χ2v) is 4.59. The lowest BCUT2D eigenvalue weighted by molar-refractivity contribution is -0.138. The van der Waals surface area contributed by atoms with Crippen LogP contribution in [0.4, 0.5) is 0 Å². The predicted molar refractivity (Wildman–Crippen MR) is 71.2 cm³/mol. The van der Waals surface area contributed by atoms with E-state index in [0.717, 1.165) is 5.56 Å². The fourth-order valence-corrected chi connectivity index (χ4v) is 2.63. The number of aliphatic carboxylic acids is 1. The van der Waals surface area contributed by atoms with E-state index in [1.54, 1.807) is 6.07 Å². The standard InChI is InChI=1S/C12H16BrNO4/c1-3-6-4-8(18-2)11(15)9(10(6)13)7(5-14)12(16)17/h4,7,15H,3,5,14H2,1-2H3,(H,16,17). The van der Waals surface area contributed by atoms with Gasteiger partial charge < -0.3 is 20.7 Å². The van der Waals surface area contributed by atoms with E-state index in [4.69, 9.17) is 15.6 Å². The van der Waals surface area contributed by atoms with Crippen LogP contribution in [0.5, 0.6) is 11.5 Å². The average molecular weight is 318 g/mol. The highest BCUT2D eigenvalue weighted by Gasteiger charge is 2.27. The van der Waals surface area contributed by atoms with Gasteiger partial charge in [0.15, 0.2) is 11.5 Å². The fourth-order valence-electron chi connectivity index (χ4n) is 1.77. The van der Waals surface area contributed by atoms with Crippen molar-refractivity contribution in [3.8, 4) is 11.5 Å². The summed E-state index contributed by atoms with van der Waals surface area (Å²) in [6, 6.07) is 1.68. The van der Waals surface area contributed by atoms with Crippen LogP contribution in [0.15, 0.2) is 10.5 Å². The molecule has 100 valence electrons. The minimum atomic E-state index is -1.08. The number of nitrogens with two attached hydrogens (primary N) is 1. The molecule has 0 saturated heterocycles. The highest BCUT2D eigenvalue weighted by atomic mass is 79.9. The molecule has 0 amide bonds. The van der Waals surface area contributed by atoms with Gasteiger partial charge in [-0.3, -0.25) is 4.79 Å². The van der Waals surface area contributed by atoms with E-state index in [2.05, 4.69) is 15.9 Å². The summed E-state index contributed by atoms with van der Waals surface area (Å²) in [5.41, 5.74) is 6.60. The number of carbonyl (C=O) groups is 1. The van der Waals surface area contributed by atoms with Crippen molar-refractivity contribution in [1.82, 2.24) is 0 Å². The van der Waals surface area contributed by atoms with E-state index in [0.29, 0.717) is 10.9 Å². The van der Waals surface area contributed by atoms with Crippen LogP contribution in [-0.4, -0.2) is 29.8 Å². The molecule has 0 fully saturated rings. The van der Waals surface area contributed by atoms with Crippen molar-refractivity contribution in [2.45, 2.75) is 19.3 Å². The third kappa shape index (κ3) is 2.59. The Morgan fingerprint density at radius 1 is 1.61 bits per heavy atom. The van der Waals surface area contributed by atoms with E-state index in [9.17, 15) is 9.90 Å². The van der Waals surface area contributed by atoms with Crippen molar-refractivity contribution in [2.24, 2.45) is 5.73 Å². The van der Waals surface area contributed by atoms with Gasteiger partial charge in [-0.15, -0.1) is 0 Å². The normalized spacial score (nSPS) is 12.2. The van der Waals surface area contributed by atoms with Gasteiger partial charge in [0.25, 0.3) is 0 Å². The second kappa shape index (κ2) is 6.06. The van der Waals surface area contributed by atoms with Crippen molar-refractivity contribution in [3.63, 3.8) is 0 Å². The van der Waals surface area contributed by atoms with E-state index in [-0.39, 0.29) is 23.6 Å². The third-order valence-electron chi connectivity index (χ3n) is 2.80. The molecule has 5 nitrogen and oxygen atoms in total. The molecule has 0 aliphatic rings. The summed E-state index contributed by atoms with van der Waals surface area (Å²) in [4.78, 5) is 11.2. The quantitative estimate of drug-likeness (QED) is 0.770. The molecule has 0 saturated carbocycles. The number of halogens is 1. The number of rotatable bonds is 5. The number of carboxylic acids is 1. The number of hydrogen-bond acceptors (Lipinski definition) is 4. The van der Waals surface area contributed by atoms with Crippen LogP contribution in [0, 0.1) is 0 Å². The van der Waals surface area contributed by atoms with Crippen LogP contribution in [-0.2, 0) is 11.2 Å². The van der Waals surface area contributed by atoms with Gasteiger partial charge in [0, 0.05) is 16.6 Å². The van der Waals surface area contributed by atoms with Crippen LogP contribution in [0.2, 0.25) is 0 Å². The Kier molecular flexibility index (Phi) is 4.98. The summed E-state index contributed by atoms with van der Waals surface area (Å²) in [6.45, 7) is 1.83. The van der Waals surface area contributed by atoms with Gasteiger partial charge in [-0.25, -0.2) is 0 Å². The molecule has 6 heteroatoms. The number of carboxylic acid groups (broad SMARTS) is 1. The Morgan fingerprint density at radius 2 is 2.22 bits per heavy atom. The first-order valence-electron chi connectivity index (χ1n) is 5.48. The van der Waals surface area contributed by atoms with Gasteiger partial charge in [-0.1, -0.05) is 22.9 Å². The lowest BCUT2D eigenvalue weighted by atomic mass is 9.95. The Balaban J connectivity index is 3.53. The third-order valence-corrected chi connectivity index (χ3v) is 3.73. The molecule has 1 unspecified atom stereocenters. The summed E-state index contributed by atoms with van der Waals surface area (Å²) in [5.74, 6) is -1.98. The summed E-state index contributed by atoms with van der Waals surface area (Å²) in [5, 5.41) is 19.2. The van der Waals surface area contributed by atoms with Gasteiger partial charge in [0.1, 0.15) is 0 Å². The highest BCUT2D eigenvalue weighted by molar-refractivity contribution is 9.10. The average Bonchev–Trinajstić information content (AvgIpc) is 2.34. The van der Waals surface area contributed by atoms with Crippen LogP contribution in [0.25, 0.3) is 0 Å². The molecule has 0 bridgehead atoms. The number of ether oxygens (including phenoxy) is 1. The Labute approximate surface area is 114 Å². The smallest absolute Gasteiger partial charge is 0.312 e. The van der Waals surface area contributed by atoms with Gasteiger partial charge >= 0.3 is 5.97 Å². The van der Waals surface area contributed by atoms with Crippen molar-refractivity contribution in [1.29, 1.82) is 0 Å². The molecule has 0 radical (unpaired) electrons. The van der Waals surface area contributed by atoms with E-state index in [1.807, 2.05) is 6.92 Å². The molecule has 0 spiro atoms. The van der Waals surface area contributed by atoms with E-state index < -0.39 is 11.9 Å². The molecule has 1 rings (SSSR count). The summed E-state index contributed by atoms with van der Waals surface area (Å²) in [6.07, 6.45) is 0.682. The topological polar surface area (TPSA) is 92.8 Å². The van der Waals surface area contributed by atoms with Gasteiger partial charge in [-0.2, -0.15) is 0 Å². The maximum absolute atomic E-state index is 11.2. The van der Waals surface area contributed by atoms with Crippen molar-refractivity contribution < 1.29 is 19.7 Å². The van der Waals surface area contributed by atoms with Crippen LogP contribution in [0.1, 0.15) is 24.0 Å². The molecule has 4 N–H and O–H groups in total. The lowest BCUT2D eigenvalue weighted by Gasteiger charge is -2.18. The Hall–Kier alpha value is -1.27. The highest BCUT2D eigenvalue weighted by Crippen LogP contribution is 2.42. The zero-order chi connectivity index (χ0) is 13.9. The van der Waals surface area contributed by atoms with Crippen molar-refractivity contribution in [2.75, 3.05) is 13.7 Å². The molecule has 0 aliphatic heterocycles. The maximum Gasteiger partial charge on any atom is 0.312 e. The fraction of sp³-hybridized carbons (Fsp3) is 0.417. The molecular weight excluding hydrogens is 302 g/mol. The molecule has 0 aliphatic carbocycles. The van der Waals surface area contributed by atoms with Crippen molar-refractivity contribution in [3.05, 3.63) is 21.7 Å². The molecule has 1 atom stereocenters. The number of phenolic OH excluding ortho intramolecular Hbond substituents is 1. The number of aromatic hydroxyl groups is 1. The minimum absolute atomic E-state index is 0.0994. The number of aryl methyl sites for hydroxylation is 1. The van der Waals surface area contributed by atoms with Crippen LogP contribution in [0.3, 0.4) is 0 Å². The minimum Gasteiger partial charge on any atom is -0.504 e. The zero-order valence-electron chi connectivity index (χ0n) is 10.2. The molecular formula is C12H16BrNO4. The first-order chi connectivity index (χ1) is 8.47. The molecule has 0 aromatic heterocycles. The van der Waals surface area contributed by atoms with Gasteiger partial charge in [-0.05, 0) is 18.1 Å². The first-order valence-corrected chi connectivity index (χ1v) is 6.28. The molecule has 1 aromatic carbocycles. The maximum atomic E-state index is 11.2. The number of benzene rings is 1. The summed E-state index contributed by atoms with van der Waals surface area (Å²) >= 11 is 3.33. The largest absolute Gasteiger partial charge is 0.504 e. The molecule has 1 aromatic rings. The zero-order valence-corrected chi connectivity index (χ0v) is 11.8.